The molecule has 0 aliphatic carbocycles. The standard InChI is InChI=1S/C16H19BrN2O4/c1-18-15(20)5-4-6-19-9-12(17)10-7-13(22-2)14(23-3)8-11(10)16(19)21/h7-9H,4-6H2,1-3H3,(H,18,20). The summed E-state index contributed by atoms with van der Waals surface area (Å²) in [7, 11) is 4.68. The number of aryl methyl sites for hydroxylation is 1. The van der Waals surface area contributed by atoms with E-state index in [0.717, 1.165) is 9.86 Å². The monoisotopic (exact) mass is 382 g/mol. The van der Waals surface area contributed by atoms with Gasteiger partial charge in [-0.1, -0.05) is 0 Å². The van der Waals surface area contributed by atoms with Crippen LogP contribution in [-0.4, -0.2) is 31.7 Å². The fourth-order valence-corrected chi connectivity index (χ4v) is 2.95. The second-order valence-electron chi connectivity index (χ2n) is 5.01. The van der Waals surface area contributed by atoms with Crippen LogP contribution in [-0.2, 0) is 11.3 Å². The van der Waals surface area contributed by atoms with E-state index in [1.807, 2.05) is 0 Å². The number of fused-ring (bicyclic) bond motifs is 1. The van der Waals surface area contributed by atoms with Gasteiger partial charge in [0.2, 0.25) is 5.91 Å². The molecule has 0 saturated carbocycles. The van der Waals surface area contributed by atoms with Crippen molar-refractivity contribution in [2.45, 2.75) is 19.4 Å². The molecule has 0 saturated heterocycles. The lowest BCUT2D eigenvalue weighted by Crippen LogP contribution is -2.22. The minimum Gasteiger partial charge on any atom is -0.493 e. The summed E-state index contributed by atoms with van der Waals surface area (Å²) in [6.07, 6.45) is 2.70. The Morgan fingerprint density at radius 3 is 2.39 bits per heavy atom. The van der Waals surface area contributed by atoms with Gasteiger partial charge >= 0.3 is 0 Å². The maximum Gasteiger partial charge on any atom is 0.258 e. The summed E-state index contributed by atoms with van der Waals surface area (Å²) in [5, 5.41) is 3.87. The van der Waals surface area contributed by atoms with Gasteiger partial charge < -0.3 is 19.4 Å². The molecule has 0 spiro atoms. The van der Waals surface area contributed by atoms with Gasteiger partial charge in [0.25, 0.3) is 5.56 Å². The SMILES string of the molecule is CNC(=O)CCCn1cc(Br)c2cc(OC)c(OC)cc2c1=O. The molecule has 0 atom stereocenters. The molecule has 1 N–H and O–H groups in total. The molecule has 7 heteroatoms. The lowest BCUT2D eigenvalue weighted by molar-refractivity contribution is -0.120. The Balaban J connectivity index is 2.43. The number of rotatable bonds is 6. The number of pyridine rings is 1. The minimum absolute atomic E-state index is 0.0377. The maximum absolute atomic E-state index is 12.6. The smallest absolute Gasteiger partial charge is 0.258 e. The summed E-state index contributed by atoms with van der Waals surface area (Å²) in [5.74, 6) is 1.04. The molecule has 1 aromatic heterocycles. The number of carbonyl (C=O) groups excluding carboxylic acids is 1. The molecule has 1 amide bonds. The number of hydrogen-bond donors (Lipinski definition) is 1. The number of methoxy groups -OCH3 is 2. The van der Waals surface area contributed by atoms with Crippen molar-refractivity contribution >= 4 is 32.6 Å². The fourth-order valence-electron chi connectivity index (χ4n) is 2.37. The summed E-state index contributed by atoms with van der Waals surface area (Å²) in [5.41, 5.74) is -0.124. The van der Waals surface area contributed by atoms with Gasteiger partial charge in [0.1, 0.15) is 0 Å². The van der Waals surface area contributed by atoms with Crippen molar-refractivity contribution in [3.05, 3.63) is 33.2 Å². The van der Waals surface area contributed by atoms with Crippen LogP contribution in [0.25, 0.3) is 10.8 Å². The number of benzene rings is 1. The van der Waals surface area contributed by atoms with Crippen LogP contribution in [0.1, 0.15) is 12.8 Å². The van der Waals surface area contributed by atoms with Crippen molar-refractivity contribution in [2.75, 3.05) is 21.3 Å². The van der Waals surface area contributed by atoms with Crippen LogP contribution < -0.4 is 20.3 Å². The van der Waals surface area contributed by atoms with Crippen molar-refractivity contribution in [3.8, 4) is 11.5 Å². The molecule has 1 aromatic carbocycles. The quantitative estimate of drug-likeness (QED) is 0.831. The third-order valence-electron chi connectivity index (χ3n) is 3.62. The number of carbonyl (C=O) groups is 1. The lowest BCUT2D eigenvalue weighted by atomic mass is 10.1. The molecule has 2 rings (SSSR count). The number of aromatic nitrogens is 1. The van der Waals surface area contributed by atoms with E-state index < -0.39 is 0 Å². The lowest BCUT2D eigenvalue weighted by Gasteiger charge is -2.12. The first-order valence-electron chi connectivity index (χ1n) is 7.17. The summed E-state index contributed by atoms with van der Waals surface area (Å²) in [6.45, 7) is 0.467. The van der Waals surface area contributed by atoms with Crippen molar-refractivity contribution < 1.29 is 14.3 Å². The zero-order valence-electron chi connectivity index (χ0n) is 13.3. The predicted molar refractivity (Wildman–Crippen MR) is 92.3 cm³/mol. The van der Waals surface area contributed by atoms with Crippen LogP contribution in [0.15, 0.2) is 27.6 Å². The molecular formula is C16H19BrN2O4. The van der Waals surface area contributed by atoms with E-state index in [0.29, 0.717) is 36.3 Å². The first-order valence-corrected chi connectivity index (χ1v) is 7.96. The Labute approximate surface area is 142 Å². The zero-order chi connectivity index (χ0) is 17.0. The first-order chi connectivity index (χ1) is 11.0. The van der Waals surface area contributed by atoms with Crippen molar-refractivity contribution in [1.29, 1.82) is 0 Å². The summed E-state index contributed by atoms with van der Waals surface area (Å²) in [6, 6.07) is 3.45. The number of ether oxygens (including phenoxy) is 2. The summed E-state index contributed by atoms with van der Waals surface area (Å²) >= 11 is 3.49. The molecule has 0 bridgehead atoms. The number of nitrogens with one attached hydrogen (secondary N) is 1. The highest BCUT2D eigenvalue weighted by Gasteiger charge is 2.13. The molecule has 0 aliphatic rings. The van der Waals surface area contributed by atoms with Crippen molar-refractivity contribution in [2.24, 2.45) is 0 Å². The normalized spacial score (nSPS) is 10.6. The average Bonchev–Trinajstić information content (AvgIpc) is 2.57. The van der Waals surface area contributed by atoms with Gasteiger partial charge in [-0.05, 0) is 34.5 Å². The van der Waals surface area contributed by atoms with Gasteiger partial charge in [-0.3, -0.25) is 9.59 Å². The van der Waals surface area contributed by atoms with Gasteiger partial charge in [0.05, 0.1) is 19.6 Å². The molecule has 124 valence electrons. The highest BCUT2D eigenvalue weighted by molar-refractivity contribution is 9.10. The first kappa shape index (κ1) is 17.3. The van der Waals surface area contributed by atoms with Gasteiger partial charge in [-0.25, -0.2) is 0 Å². The van der Waals surface area contributed by atoms with Crippen LogP contribution in [0, 0.1) is 0 Å². The van der Waals surface area contributed by atoms with Crippen molar-refractivity contribution in [1.82, 2.24) is 9.88 Å². The van der Waals surface area contributed by atoms with Crippen LogP contribution >= 0.6 is 15.9 Å². The molecule has 0 unspecified atom stereocenters. The summed E-state index contributed by atoms with van der Waals surface area (Å²) < 4.78 is 12.9. The van der Waals surface area contributed by atoms with Crippen LogP contribution in [0.3, 0.4) is 0 Å². The number of hydrogen-bond acceptors (Lipinski definition) is 4. The largest absolute Gasteiger partial charge is 0.493 e. The molecular weight excluding hydrogens is 364 g/mol. The highest BCUT2D eigenvalue weighted by atomic mass is 79.9. The second-order valence-corrected chi connectivity index (χ2v) is 5.86. The number of halogens is 1. The molecule has 2 aromatic rings. The third kappa shape index (κ3) is 3.67. The van der Waals surface area contributed by atoms with E-state index in [9.17, 15) is 9.59 Å². The Kier molecular flexibility index (Phi) is 5.65. The molecule has 0 aliphatic heterocycles. The zero-order valence-corrected chi connectivity index (χ0v) is 14.9. The topological polar surface area (TPSA) is 69.6 Å². The predicted octanol–water partition coefficient (Wildman–Crippen LogP) is 2.31. The Hall–Kier alpha value is -2.02. The van der Waals surface area contributed by atoms with Gasteiger partial charge in [0, 0.05) is 36.1 Å². The molecule has 6 nitrogen and oxygen atoms in total. The van der Waals surface area contributed by atoms with Crippen LogP contribution in [0.2, 0.25) is 0 Å². The second kappa shape index (κ2) is 7.50. The van der Waals surface area contributed by atoms with Gasteiger partial charge in [-0.15, -0.1) is 0 Å². The average molecular weight is 383 g/mol. The van der Waals surface area contributed by atoms with Crippen LogP contribution in [0.5, 0.6) is 11.5 Å². The van der Waals surface area contributed by atoms with Gasteiger partial charge in [-0.2, -0.15) is 0 Å². The fraction of sp³-hybridized carbons (Fsp3) is 0.375. The minimum atomic E-state index is -0.124. The molecule has 23 heavy (non-hydrogen) atoms. The summed E-state index contributed by atoms with van der Waals surface area (Å²) in [4.78, 5) is 23.9. The Morgan fingerprint density at radius 1 is 1.22 bits per heavy atom. The van der Waals surface area contributed by atoms with E-state index in [4.69, 9.17) is 9.47 Å². The number of nitrogens with zero attached hydrogens (tertiary/aromatic N) is 1. The Bertz CT molecular complexity index is 786. The molecule has 1 heterocycles. The van der Waals surface area contributed by atoms with E-state index >= 15 is 0 Å². The van der Waals surface area contributed by atoms with E-state index in [2.05, 4.69) is 21.2 Å². The molecule has 0 radical (unpaired) electrons. The Morgan fingerprint density at radius 2 is 1.83 bits per heavy atom. The molecule has 0 fully saturated rings. The number of amides is 1. The van der Waals surface area contributed by atoms with Crippen LogP contribution in [0.4, 0.5) is 0 Å². The van der Waals surface area contributed by atoms with E-state index in [1.165, 1.54) is 7.11 Å². The third-order valence-corrected chi connectivity index (χ3v) is 4.26. The van der Waals surface area contributed by atoms with Gasteiger partial charge in [0.15, 0.2) is 11.5 Å². The van der Waals surface area contributed by atoms with Crippen molar-refractivity contribution in [3.63, 3.8) is 0 Å². The maximum atomic E-state index is 12.6. The van der Waals surface area contributed by atoms with E-state index in [1.54, 1.807) is 37.1 Å². The van der Waals surface area contributed by atoms with E-state index in [-0.39, 0.29) is 11.5 Å². The highest BCUT2D eigenvalue weighted by Crippen LogP contribution is 2.33.